The summed E-state index contributed by atoms with van der Waals surface area (Å²) in [5.41, 5.74) is 2.38. The van der Waals surface area contributed by atoms with Crippen molar-refractivity contribution < 1.29 is 4.74 Å². The molecule has 1 aromatic rings. The van der Waals surface area contributed by atoms with Crippen LogP contribution in [-0.2, 0) is 4.74 Å². The van der Waals surface area contributed by atoms with Gasteiger partial charge in [0, 0.05) is 20.1 Å². The largest absolute Gasteiger partial charge is 0.378 e. The highest BCUT2D eigenvalue weighted by atomic mass is 32.1. The number of hydrogen-bond donors (Lipinski definition) is 0. The standard InChI is InChI=1S/C15H26N2OS2/c1-6-16(4)7-9-18-10-8-17(5)13-12(11(2)3)14(19)15(13)20/h11H,6-10H2,1-5H3. The van der Waals surface area contributed by atoms with Gasteiger partial charge >= 0.3 is 0 Å². The van der Waals surface area contributed by atoms with Gasteiger partial charge < -0.3 is 14.5 Å². The first-order chi connectivity index (χ1) is 9.40. The van der Waals surface area contributed by atoms with Crippen molar-refractivity contribution in [2.75, 3.05) is 51.8 Å². The van der Waals surface area contributed by atoms with Gasteiger partial charge in [0.1, 0.15) is 0 Å². The fraction of sp³-hybridized carbons (Fsp3) is 0.733. The van der Waals surface area contributed by atoms with Crippen LogP contribution in [-0.4, -0.2) is 51.8 Å². The molecule has 0 aliphatic heterocycles. The van der Waals surface area contributed by atoms with E-state index in [2.05, 4.69) is 44.7 Å². The molecule has 0 aromatic heterocycles. The van der Waals surface area contributed by atoms with Gasteiger partial charge in [-0.25, -0.2) is 0 Å². The average Bonchev–Trinajstić information content (AvgIpc) is 2.41. The van der Waals surface area contributed by atoms with Crippen LogP contribution >= 0.6 is 24.4 Å². The number of hydrogen-bond acceptors (Lipinski definition) is 5. The van der Waals surface area contributed by atoms with E-state index >= 15 is 0 Å². The van der Waals surface area contributed by atoms with E-state index < -0.39 is 0 Å². The van der Waals surface area contributed by atoms with E-state index in [1.165, 1.54) is 5.56 Å². The molecule has 0 N–H and O–H groups in total. The maximum Gasteiger partial charge on any atom is 0.0798 e. The van der Waals surface area contributed by atoms with E-state index in [0.29, 0.717) is 5.92 Å². The zero-order valence-corrected chi connectivity index (χ0v) is 14.9. The average molecular weight is 315 g/mol. The van der Waals surface area contributed by atoms with Gasteiger partial charge in [-0.15, -0.1) is 0 Å². The van der Waals surface area contributed by atoms with Crippen molar-refractivity contribution in [2.45, 2.75) is 26.7 Å². The zero-order chi connectivity index (χ0) is 15.3. The summed E-state index contributed by atoms with van der Waals surface area (Å²) in [6.07, 6.45) is 0. The van der Waals surface area contributed by atoms with E-state index in [1.54, 1.807) is 0 Å². The Morgan fingerprint density at radius 1 is 1.05 bits per heavy atom. The number of rotatable bonds is 9. The first kappa shape index (κ1) is 17.7. The van der Waals surface area contributed by atoms with Gasteiger partial charge in [0.15, 0.2) is 0 Å². The molecule has 0 fully saturated rings. The topological polar surface area (TPSA) is 15.7 Å². The Morgan fingerprint density at radius 3 is 2.20 bits per heavy atom. The third kappa shape index (κ3) is 4.32. The van der Waals surface area contributed by atoms with E-state index in [1.807, 2.05) is 0 Å². The molecule has 1 rings (SSSR count). The van der Waals surface area contributed by atoms with Gasteiger partial charge in [0.25, 0.3) is 0 Å². The molecule has 3 nitrogen and oxygen atoms in total. The molecule has 1 aromatic carbocycles. The Labute approximate surface area is 133 Å². The van der Waals surface area contributed by atoms with Crippen molar-refractivity contribution >= 4 is 30.1 Å². The molecular weight excluding hydrogens is 288 g/mol. The molecule has 114 valence electrons. The number of ether oxygens (including phenoxy) is 1. The zero-order valence-electron chi connectivity index (χ0n) is 13.2. The summed E-state index contributed by atoms with van der Waals surface area (Å²) in [6.45, 7) is 10.8. The normalized spacial score (nSPS) is 11.8. The highest BCUT2D eigenvalue weighted by molar-refractivity contribution is 7.74. The van der Waals surface area contributed by atoms with Crippen LogP contribution in [0.4, 0.5) is 5.69 Å². The number of likely N-dealkylation sites (N-methyl/N-ethyl adjacent to an activating group) is 2. The molecular formula is C15H26N2OS2. The van der Waals surface area contributed by atoms with E-state index in [4.69, 9.17) is 29.2 Å². The van der Waals surface area contributed by atoms with E-state index in [0.717, 1.165) is 47.6 Å². The van der Waals surface area contributed by atoms with Crippen LogP contribution in [0, 0.1) is 9.02 Å². The molecule has 0 heterocycles. The summed E-state index contributed by atoms with van der Waals surface area (Å²) < 4.78 is 7.39. The van der Waals surface area contributed by atoms with Crippen molar-refractivity contribution in [3.63, 3.8) is 0 Å². The Kier molecular flexibility index (Phi) is 7.23. The lowest BCUT2D eigenvalue weighted by molar-refractivity contribution is 0.118. The molecule has 5 heteroatoms. The van der Waals surface area contributed by atoms with Crippen LogP contribution < -0.4 is 4.90 Å². The van der Waals surface area contributed by atoms with Gasteiger partial charge in [-0.05, 0) is 25.1 Å². The molecule has 0 bridgehead atoms. The van der Waals surface area contributed by atoms with Crippen molar-refractivity contribution in [3.8, 4) is 0 Å². The molecule has 0 spiro atoms. The summed E-state index contributed by atoms with van der Waals surface area (Å²) >= 11 is 10.7. The molecule has 0 radical (unpaired) electrons. The minimum Gasteiger partial charge on any atom is -0.378 e. The SMILES string of the molecule is CCN(C)CCOCCN(C)c1c(C(C)C)c(=S)c1=S. The maximum atomic E-state index is 5.67. The molecule has 0 amide bonds. The Hall–Kier alpha value is -0.360. The molecule has 20 heavy (non-hydrogen) atoms. The van der Waals surface area contributed by atoms with E-state index in [9.17, 15) is 0 Å². The Morgan fingerprint density at radius 2 is 1.65 bits per heavy atom. The second-order valence-electron chi connectivity index (χ2n) is 5.51. The summed E-state index contributed by atoms with van der Waals surface area (Å²) in [5.74, 6) is 0.436. The van der Waals surface area contributed by atoms with Crippen LogP contribution in [0.1, 0.15) is 32.3 Å². The van der Waals surface area contributed by atoms with Crippen LogP contribution in [0.5, 0.6) is 0 Å². The molecule has 0 aliphatic carbocycles. The Bertz CT molecular complexity index is 492. The maximum absolute atomic E-state index is 5.67. The number of anilines is 1. The molecule has 0 saturated heterocycles. The van der Waals surface area contributed by atoms with Crippen LogP contribution in [0.15, 0.2) is 0 Å². The lowest BCUT2D eigenvalue weighted by Crippen LogP contribution is -2.28. The van der Waals surface area contributed by atoms with Crippen LogP contribution in [0.3, 0.4) is 0 Å². The minimum absolute atomic E-state index is 0.436. The van der Waals surface area contributed by atoms with Crippen molar-refractivity contribution in [3.05, 3.63) is 14.6 Å². The fourth-order valence-corrected chi connectivity index (χ4v) is 2.91. The van der Waals surface area contributed by atoms with Gasteiger partial charge in [-0.1, -0.05) is 45.2 Å². The van der Waals surface area contributed by atoms with E-state index in [-0.39, 0.29) is 0 Å². The highest BCUT2D eigenvalue weighted by Gasteiger charge is 2.20. The van der Waals surface area contributed by atoms with Crippen LogP contribution in [0.25, 0.3) is 0 Å². The quantitative estimate of drug-likeness (QED) is 0.510. The first-order valence-corrected chi connectivity index (χ1v) is 8.02. The van der Waals surface area contributed by atoms with Crippen molar-refractivity contribution in [2.24, 2.45) is 0 Å². The number of nitrogens with zero attached hydrogens (tertiary/aromatic N) is 2. The second-order valence-corrected chi connectivity index (χ2v) is 6.32. The summed E-state index contributed by atoms with van der Waals surface area (Å²) in [4.78, 5) is 4.42. The molecule has 0 unspecified atom stereocenters. The van der Waals surface area contributed by atoms with Gasteiger partial charge in [0.05, 0.1) is 27.9 Å². The molecule has 0 saturated carbocycles. The molecule has 0 atom stereocenters. The minimum atomic E-state index is 0.436. The molecule has 0 aliphatic rings. The van der Waals surface area contributed by atoms with Gasteiger partial charge in [-0.2, -0.15) is 0 Å². The smallest absolute Gasteiger partial charge is 0.0798 e. The lowest BCUT2D eigenvalue weighted by atomic mass is 9.96. The van der Waals surface area contributed by atoms with Gasteiger partial charge in [-0.3, -0.25) is 0 Å². The van der Waals surface area contributed by atoms with Crippen molar-refractivity contribution in [1.29, 1.82) is 0 Å². The lowest BCUT2D eigenvalue weighted by Gasteiger charge is -2.27. The fourth-order valence-electron chi connectivity index (χ4n) is 2.11. The predicted octanol–water partition coefficient (Wildman–Crippen LogP) is 3.55. The second kappa shape index (κ2) is 8.17. The van der Waals surface area contributed by atoms with Crippen LogP contribution in [0.2, 0.25) is 0 Å². The van der Waals surface area contributed by atoms with Gasteiger partial charge in [0.2, 0.25) is 0 Å². The summed E-state index contributed by atoms with van der Waals surface area (Å²) in [7, 11) is 4.16. The summed E-state index contributed by atoms with van der Waals surface area (Å²) in [5, 5.41) is 0. The third-order valence-corrected chi connectivity index (χ3v) is 4.56. The third-order valence-electron chi connectivity index (χ3n) is 3.61. The first-order valence-electron chi connectivity index (χ1n) is 7.20. The highest BCUT2D eigenvalue weighted by Crippen LogP contribution is 2.35. The predicted molar refractivity (Wildman–Crippen MR) is 91.8 cm³/mol. The Balaban J connectivity index is 2.41. The summed E-state index contributed by atoms with van der Waals surface area (Å²) in [6, 6.07) is 0. The monoisotopic (exact) mass is 314 g/mol. The van der Waals surface area contributed by atoms with Crippen molar-refractivity contribution in [1.82, 2.24) is 4.90 Å².